The number of anilines is 1. The molecule has 0 aliphatic heterocycles. The number of pyridine rings is 1. The van der Waals surface area contributed by atoms with Crippen LogP contribution in [-0.4, -0.2) is 16.8 Å². The summed E-state index contributed by atoms with van der Waals surface area (Å²) in [5.41, 5.74) is 12.2. The van der Waals surface area contributed by atoms with Gasteiger partial charge < -0.3 is 11.1 Å². The molecule has 166 valence electrons. The summed E-state index contributed by atoms with van der Waals surface area (Å²) in [5.74, 6) is -0.786. The molecule has 3 N–H and O–H groups in total. The molecule has 1 heterocycles. The molecule has 4 rings (SSSR count). The monoisotopic (exact) mass is 446 g/mol. The summed E-state index contributed by atoms with van der Waals surface area (Å²) in [6.45, 7) is 3.79. The van der Waals surface area contributed by atoms with E-state index in [1.165, 1.54) is 0 Å². The van der Waals surface area contributed by atoms with Gasteiger partial charge in [0.25, 0.3) is 5.91 Å². The van der Waals surface area contributed by atoms with Gasteiger partial charge in [0.1, 0.15) is 0 Å². The summed E-state index contributed by atoms with van der Waals surface area (Å²) in [4.78, 5) is 29.2. The maximum Gasteiger partial charge on any atom is 0.256 e. The Bertz CT molecular complexity index is 1450. The molecule has 34 heavy (non-hydrogen) atoms. The van der Waals surface area contributed by atoms with Crippen LogP contribution in [-0.2, 0) is 0 Å². The Kier molecular flexibility index (Phi) is 6.20. The van der Waals surface area contributed by atoms with E-state index < -0.39 is 5.91 Å². The Balaban J connectivity index is 1.86. The number of rotatable bonds is 5. The van der Waals surface area contributed by atoms with E-state index in [2.05, 4.69) is 16.4 Å². The van der Waals surface area contributed by atoms with Crippen molar-refractivity contribution in [3.05, 3.63) is 107 Å². The largest absolute Gasteiger partial charge is 0.366 e. The minimum Gasteiger partial charge on any atom is -0.366 e. The highest BCUT2D eigenvalue weighted by Gasteiger charge is 2.18. The van der Waals surface area contributed by atoms with E-state index in [1.807, 2.05) is 44.2 Å². The predicted molar refractivity (Wildman–Crippen MR) is 132 cm³/mol. The van der Waals surface area contributed by atoms with Gasteiger partial charge in [0.2, 0.25) is 5.91 Å². The van der Waals surface area contributed by atoms with Crippen molar-refractivity contribution < 1.29 is 9.59 Å². The molecular weight excluding hydrogens is 424 g/mol. The molecule has 0 aliphatic carbocycles. The van der Waals surface area contributed by atoms with Crippen molar-refractivity contribution in [1.29, 1.82) is 5.26 Å². The molecule has 0 aliphatic rings. The molecule has 1 aromatic heterocycles. The van der Waals surface area contributed by atoms with E-state index in [0.717, 1.165) is 22.3 Å². The fraction of sp³-hybridized carbons (Fsp3) is 0.0714. The third-order valence-corrected chi connectivity index (χ3v) is 5.65. The summed E-state index contributed by atoms with van der Waals surface area (Å²) in [5, 5.41) is 12.3. The third-order valence-electron chi connectivity index (χ3n) is 5.65. The van der Waals surface area contributed by atoms with Gasteiger partial charge in [0.05, 0.1) is 23.0 Å². The average molecular weight is 447 g/mol. The van der Waals surface area contributed by atoms with Gasteiger partial charge in [-0.05, 0) is 84.1 Å². The van der Waals surface area contributed by atoms with E-state index >= 15 is 0 Å². The lowest BCUT2D eigenvalue weighted by Gasteiger charge is -2.16. The van der Waals surface area contributed by atoms with E-state index in [1.54, 1.807) is 48.7 Å². The quantitative estimate of drug-likeness (QED) is 0.436. The number of nitrogens with one attached hydrogen (secondary N) is 1. The second-order valence-corrected chi connectivity index (χ2v) is 7.94. The molecule has 0 saturated carbocycles. The third kappa shape index (κ3) is 4.54. The Hall–Kier alpha value is -4.76. The number of aryl methyl sites for hydroxylation is 2. The molecule has 0 unspecified atom stereocenters. The lowest BCUT2D eigenvalue weighted by molar-refractivity contribution is 0.0997. The summed E-state index contributed by atoms with van der Waals surface area (Å²) in [6, 6.07) is 23.6. The maximum absolute atomic E-state index is 13.5. The fourth-order valence-electron chi connectivity index (χ4n) is 3.82. The number of benzene rings is 3. The molecule has 0 spiro atoms. The van der Waals surface area contributed by atoms with Crippen molar-refractivity contribution >= 4 is 17.5 Å². The van der Waals surface area contributed by atoms with E-state index in [9.17, 15) is 14.9 Å². The van der Waals surface area contributed by atoms with Crippen molar-refractivity contribution in [2.45, 2.75) is 13.8 Å². The fourth-order valence-corrected chi connectivity index (χ4v) is 3.82. The van der Waals surface area contributed by atoms with Gasteiger partial charge in [0, 0.05) is 17.3 Å². The number of nitrogens with two attached hydrogens (primary N) is 1. The molecule has 0 saturated heterocycles. The standard InChI is InChI=1S/C28H22N4O2/c1-17-13-24(22-6-3-5-19(14-22)16-29)25(28(34)32-26-7-4-12-31-18(26)2)15-23(17)20-8-10-21(11-9-20)27(30)33/h3-15H,1-2H3,(H2,30,33)(H,32,34). The van der Waals surface area contributed by atoms with Crippen LogP contribution in [0.25, 0.3) is 22.3 Å². The Morgan fingerprint density at radius 3 is 2.35 bits per heavy atom. The Labute approximate surface area is 197 Å². The molecule has 0 fully saturated rings. The first-order chi connectivity index (χ1) is 16.4. The summed E-state index contributed by atoms with van der Waals surface area (Å²) >= 11 is 0. The molecule has 6 nitrogen and oxygen atoms in total. The number of nitriles is 1. The lowest BCUT2D eigenvalue weighted by atomic mass is 9.90. The van der Waals surface area contributed by atoms with Crippen molar-refractivity contribution in [3.8, 4) is 28.3 Å². The number of carbonyl (C=O) groups is 2. The molecule has 4 aromatic rings. The van der Waals surface area contributed by atoms with E-state index in [4.69, 9.17) is 5.73 Å². The van der Waals surface area contributed by atoms with Crippen molar-refractivity contribution in [1.82, 2.24) is 4.98 Å². The molecule has 6 heteroatoms. The van der Waals surface area contributed by atoms with Gasteiger partial charge in [-0.2, -0.15) is 5.26 Å². The SMILES string of the molecule is Cc1cc(-c2cccc(C#N)c2)c(C(=O)Nc2cccnc2C)cc1-c1ccc(C(N)=O)cc1. The van der Waals surface area contributed by atoms with E-state index in [-0.39, 0.29) is 5.91 Å². The highest BCUT2D eigenvalue weighted by molar-refractivity contribution is 6.10. The number of amides is 2. The van der Waals surface area contributed by atoms with Gasteiger partial charge in [-0.25, -0.2) is 0 Å². The zero-order valence-corrected chi connectivity index (χ0v) is 18.8. The smallest absolute Gasteiger partial charge is 0.256 e. The molecule has 0 bridgehead atoms. The van der Waals surface area contributed by atoms with Gasteiger partial charge >= 0.3 is 0 Å². The van der Waals surface area contributed by atoms with Crippen LogP contribution in [0, 0.1) is 25.2 Å². The van der Waals surface area contributed by atoms with Crippen molar-refractivity contribution in [2.75, 3.05) is 5.32 Å². The van der Waals surface area contributed by atoms with Crippen LogP contribution in [0.15, 0.2) is 79.0 Å². The maximum atomic E-state index is 13.5. The van der Waals surface area contributed by atoms with Crippen LogP contribution in [0.2, 0.25) is 0 Å². The van der Waals surface area contributed by atoms with Crippen LogP contribution in [0.3, 0.4) is 0 Å². The topological polar surface area (TPSA) is 109 Å². The van der Waals surface area contributed by atoms with Gasteiger partial charge in [0.15, 0.2) is 0 Å². The number of aromatic nitrogens is 1. The minimum absolute atomic E-state index is 0.288. The highest BCUT2D eigenvalue weighted by atomic mass is 16.2. The average Bonchev–Trinajstić information content (AvgIpc) is 2.85. The number of primary amides is 1. The minimum atomic E-state index is -0.497. The number of hydrogen-bond donors (Lipinski definition) is 2. The molecule has 3 aromatic carbocycles. The van der Waals surface area contributed by atoms with Crippen molar-refractivity contribution in [3.63, 3.8) is 0 Å². The molecule has 0 radical (unpaired) electrons. The van der Waals surface area contributed by atoms with Gasteiger partial charge in [-0.1, -0.05) is 30.3 Å². The van der Waals surface area contributed by atoms with Crippen LogP contribution in [0.4, 0.5) is 5.69 Å². The highest BCUT2D eigenvalue weighted by Crippen LogP contribution is 2.33. The summed E-state index contributed by atoms with van der Waals surface area (Å²) < 4.78 is 0. The predicted octanol–water partition coefficient (Wildman–Crippen LogP) is 5.26. The molecule has 2 amide bonds. The van der Waals surface area contributed by atoms with Crippen LogP contribution >= 0.6 is 0 Å². The second kappa shape index (κ2) is 9.39. The zero-order chi connectivity index (χ0) is 24.2. The molecular formula is C28H22N4O2. The van der Waals surface area contributed by atoms with Gasteiger partial charge in [-0.15, -0.1) is 0 Å². The number of carbonyl (C=O) groups excluding carboxylic acids is 2. The Morgan fingerprint density at radius 2 is 1.68 bits per heavy atom. The lowest BCUT2D eigenvalue weighted by Crippen LogP contribution is -2.15. The zero-order valence-electron chi connectivity index (χ0n) is 18.8. The number of hydrogen-bond acceptors (Lipinski definition) is 4. The summed E-state index contributed by atoms with van der Waals surface area (Å²) in [7, 11) is 0. The van der Waals surface area contributed by atoms with Crippen LogP contribution in [0.1, 0.15) is 37.5 Å². The first-order valence-corrected chi connectivity index (χ1v) is 10.7. The second-order valence-electron chi connectivity index (χ2n) is 7.94. The van der Waals surface area contributed by atoms with Crippen LogP contribution in [0.5, 0.6) is 0 Å². The van der Waals surface area contributed by atoms with E-state index in [0.29, 0.717) is 33.6 Å². The first-order valence-electron chi connectivity index (χ1n) is 10.7. The number of nitrogens with zero attached hydrogens (tertiary/aromatic N) is 2. The van der Waals surface area contributed by atoms with Gasteiger partial charge in [-0.3, -0.25) is 14.6 Å². The summed E-state index contributed by atoms with van der Waals surface area (Å²) in [6.07, 6.45) is 1.67. The molecule has 0 atom stereocenters. The first kappa shape index (κ1) is 22.4. The Morgan fingerprint density at radius 1 is 0.912 bits per heavy atom. The van der Waals surface area contributed by atoms with Crippen LogP contribution < -0.4 is 11.1 Å². The van der Waals surface area contributed by atoms with Crippen molar-refractivity contribution in [2.24, 2.45) is 5.73 Å². The normalized spacial score (nSPS) is 10.4.